The van der Waals surface area contributed by atoms with Gasteiger partial charge in [0.05, 0.1) is 4.91 Å². The van der Waals surface area contributed by atoms with E-state index in [0.29, 0.717) is 27.2 Å². The first-order valence-electron chi connectivity index (χ1n) is 10.2. The summed E-state index contributed by atoms with van der Waals surface area (Å²) in [6.45, 7) is 8.74. The highest BCUT2D eigenvalue weighted by Crippen LogP contribution is 2.34. The van der Waals surface area contributed by atoms with E-state index in [1.54, 1.807) is 24.4 Å². The summed E-state index contributed by atoms with van der Waals surface area (Å²) in [4.78, 5) is 32.4. The number of hydrogen-bond donors (Lipinski definition) is 0. The number of fused-ring (bicyclic) bond motifs is 1. The summed E-state index contributed by atoms with van der Waals surface area (Å²) in [6, 6.07) is 13.0. The second kappa shape index (κ2) is 8.52. The van der Waals surface area contributed by atoms with Gasteiger partial charge in [-0.3, -0.25) is 18.9 Å². The van der Waals surface area contributed by atoms with Gasteiger partial charge in [0.2, 0.25) is 5.88 Å². The third kappa shape index (κ3) is 4.20. The Morgan fingerprint density at radius 1 is 1.12 bits per heavy atom. The van der Waals surface area contributed by atoms with E-state index in [1.165, 1.54) is 32.7 Å². The van der Waals surface area contributed by atoms with Gasteiger partial charge in [-0.25, -0.2) is 0 Å². The van der Waals surface area contributed by atoms with Crippen molar-refractivity contribution in [1.82, 2.24) is 14.3 Å². The lowest BCUT2D eigenvalue weighted by atomic mass is 9.87. The van der Waals surface area contributed by atoms with Gasteiger partial charge in [-0.05, 0) is 48.2 Å². The molecule has 3 heterocycles. The molecule has 0 spiro atoms. The maximum Gasteiger partial charge on any atom is 0.269 e. The van der Waals surface area contributed by atoms with E-state index in [9.17, 15) is 9.59 Å². The third-order valence-corrected chi connectivity index (χ3v) is 6.51. The highest BCUT2D eigenvalue weighted by atomic mass is 32.2. The van der Waals surface area contributed by atoms with E-state index in [-0.39, 0.29) is 28.3 Å². The van der Waals surface area contributed by atoms with E-state index in [0.717, 1.165) is 0 Å². The van der Waals surface area contributed by atoms with Crippen LogP contribution in [0.1, 0.15) is 38.8 Å². The van der Waals surface area contributed by atoms with Crippen molar-refractivity contribution in [2.75, 3.05) is 6.54 Å². The second-order valence-electron chi connectivity index (χ2n) is 8.37. The molecule has 1 saturated heterocycles. The van der Waals surface area contributed by atoms with E-state index >= 15 is 0 Å². The van der Waals surface area contributed by atoms with Crippen LogP contribution >= 0.6 is 24.0 Å². The van der Waals surface area contributed by atoms with E-state index in [1.807, 2.05) is 31.2 Å². The molecule has 1 aliphatic heterocycles. The van der Waals surface area contributed by atoms with Gasteiger partial charge in [-0.15, -0.1) is 0 Å². The van der Waals surface area contributed by atoms with Crippen LogP contribution in [0.4, 0.5) is 0 Å². The number of ether oxygens (including phenoxy) is 1. The van der Waals surface area contributed by atoms with Crippen molar-refractivity contribution in [2.45, 2.75) is 33.1 Å². The molecule has 1 fully saturated rings. The average Bonchev–Trinajstić information content (AvgIpc) is 3.03. The van der Waals surface area contributed by atoms with Crippen molar-refractivity contribution in [3.8, 4) is 11.6 Å². The molecule has 0 bridgehead atoms. The van der Waals surface area contributed by atoms with Crippen molar-refractivity contribution in [3.05, 3.63) is 75.0 Å². The number of thioether (sulfide) groups is 1. The fourth-order valence-corrected chi connectivity index (χ4v) is 4.69. The Kier molecular flexibility index (Phi) is 5.92. The van der Waals surface area contributed by atoms with Crippen LogP contribution in [0.2, 0.25) is 0 Å². The van der Waals surface area contributed by atoms with Crippen LogP contribution in [0.25, 0.3) is 11.7 Å². The number of nitrogens with zero attached hydrogens (tertiary/aromatic N) is 3. The molecule has 1 aliphatic rings. The fraction of sp³-hybridized carbons (Fsp3) is 0.250. The van der Waals surface area contributed by atoms with Gasteiger partial charge < -0.3 is 4.74 Å². The standard InChI is InChI=1S/C24H23N3O3S2/c1-5-26-22(29)18(32-23(26)31)14-17-20(25-19-8-6-7-13-27(19)21(17)28)30-16-11-9-15(10-12-16)24(2,3)4/h6-14H,5H2,1-4H3. The highest BCUT2D eigenvalue weighted by Gasteiger charge is 2.31. The summed E-state index contributed by atoms with van der Waals surface area (Å²) >= 11 is 6.47. The SMILES string of the molecule is CCN1C(=O)C(=Cc2c(Oc3ccc(C(C)(C)C)cc3)nc3ccccn3c2=O)SC1=S. The summed E-state index contributed by atoms with van der Waals surface area (Å²) in [5.41, 5.74) is 1.51. The van der Waals surface area contributed by atoms with E-state index in [2.05, 4.69) is 25.8 Å². The minimum atomic E-state index is -0.321. The first-order chi connectivity index (χ1) is 15.2. The number of likely N-dealkylation sites (N-methyl/N-ethyl adjacent to an activating group) is 1. The van der Waals surface area contributed by atoms with E-state index < -0.39 is 0 Å². The maximum absolute atomic E-state index is 13.3. The summed E-state index contributed by atoms with van der Waals surface area (Å²) in [7, 11) is 0. The molecule has 1 aromatic carbocycles. The maximum atomic E-state index is 13.3. The quantitative estimate of drug-likeness (QED) is 0.399. The molecule has 0 N–H and O–H groups in total. The monoisotopic (exact) mass is 465 g/mol. The van der Waals surface area contributed by atoms with Crippen LogP contribution in [-0.2, 0) is 10.2 Å². The molecule has 0 radical (unpaired) electrons. The van der Waals surface area contributed by atoms with Crippen molar-refractivity contribution in [3.63, 3.8) is 0 Å². The molecule has 2 aromatic heterocycles. The highest BCUT2D eigenvalue weighted by molar-refractivity contribution is 8.26. The van der Waals surface area contributed by atoms with Crippen LogP contribution < -0.4 is 10.3 Å². The number of amides is 1. The van der Waals surface area contributed by atoms with Gasteiger partial charge in [0.25, 0.3) is 11.5 Å². The zero-order valence-electron chi connectivity index (χ0n) is 18.3. The van der Waals surface area contributed by atoms with Crippen LogP contribution in [0.3, 0.4) is 0 Å². The summed E-state index contributed by atoms with van der Waals surface area (Å²) in [5, 5.41) is 0. The molecule has 32 heavy (non-hydrogen) atoms. The van der Waals surface area contributed by atoms with Gasteiger partial charge in [-0.2, -0.15) is 4.98 Å². The topological polar surface area (TPSA) is 63.9 Å². The fourth-order valence-electron chi connectivity index (χ4n) is 3.32. The molecule has 164 valence electrons. The zero-order chi connectivity index (χ0) is 23.0. The number of carbonyl (C=O) groups excluding carboxylic acids is 1. The Morgan fingerprint density at radius 3 is 2.47 bits per heavy atom. The van der Waals surface area contributed by atoms with Crippen molar-refractivity contribution in [2.24, 2.45) is 0 Å². The van der Waals surface area contributed by atoms with Crippen LogP contribution in [0, 0.1) is 0 Å². The number of benzene rings is 1. The van der Waals surface area contributed by atoms with E-state index in [4.69, 9.17) is 17.0 Å². The minimum absolute atomic E-state index is 0.0117. The number of hydrogen-bond acceptors (Lipinski definition) is 6. The summed E-state index contributed by atoms with van der Waals surface area (Å²) in [5.74, 6) is 0.480. The van der Waals surface area contributed by atoms with Gasteiger partial charge >= 0.3 is 0 Å². The molecule has 6 nitrogen and oxygen atoms in total. The minimum Gasteiger partial charge on any atom is -0.438 e. The first-order valence-corrected chi connectivity index (χ1v) is 11.5. The number of thiocarbonyl (C=S) groups is 1. The molecule has 0 unspecified atom stereocenters. The molecule has 3 aromatic rings. The zero-order valence-corrected chi connectivity index (χ0v) is 19.9. The van der Waals surface area contributed by atoms with Gasteiger partial charge in [0.1, 0.15) is 21.3 Å². The third-order valence-electron chi connectivity index (χ3n) is 5.13. The van der Waals surface area contributed by atoms with Crippen LogP contribution in [0.15, 0.2) is 58.4 Å². The number of aromatic nitrogens is 2. The second-order valence-corrected chi connectivity index (χ2v) is 10.0. The largest absolute Gasteiger partial charge is 0.438 e. The molecule has 8 heteroatoms. The molecular weight excluding hydrogens is 442 g/mol. The lowest BCUT2D eigenvalue weighted by Gasteiger charge is -2.19. The van der Waals surface area contributed by atoms with Gasteiger partial charge in [-0.1, -0.05) is 63.0 Å². The number of pyridine rings is 1. The molecule has 4 rings (SSSR count). The Hall–Kier alpha value is -2.97. The predicted octanol–water partition coefficient (Wildman–Crippen LogP) is 5.01. The molecular formula is C24H23N3O3S2. The molecule has 0 atom stereocenters. The Morgan fingerprint density at radius 2 is 1.84 bits per heavy atom. The summed E-state index contributed by atoms with van der Waals surface area (Å²) < 4.78 is 7.96. The van der Waals surface area contributed by atoms with Crippen LogP contribution in [-0.4, -0.2) is 31.1 Å². The smallest absolute Gasteiger partial charge is 0.269 e. The lowest BCUT2D eigenvalue weighted by molar-refractivity contribution is -0.121. The van der Waals surface area contributed by atoms with Crippen molar-refractivity contribution >= 4 is 45.9 Å². The first kappa shape index (κ1) is 22.2. The van der Waals surface area contributed by atoms with Crippen molar-refractivity contribution < 1.29 is 9.53 Å². The molecule has 1 amide bonds. The van der Waals surface area contributed by atoms with Crippen LogP contribution in [0.5, 0.6) is 11.6 Å². The predicted molar refractivity (Wildman–Crippen MR) is 132 cm³/mol. The number of carbonyl (C=O) groups is 1. The summed E-state index contributed by atoms with van der Waals surface area (Å²) in [6.07, 6.45) is 3.17. The Balaban J connectivity index is 1.82. The normalized spacial score (nSPS) is 15.8. The molecule has 0 aliphatic carbocycles. The average molecular weight is 466 g/mol. The lowest BCUT2D eigenvalue weighted by Crippen LogP contribution is -2.27. The Labute approximate surface area is 195 Å². The van der Waals surface area contributed by atoms with Gasteiger partial charge in [0.15, 0.2) is 0 Å². The van der Waals surface area contributed by atoms with Gasteiger partial charge in [0, 0.05) is 12.7 Å². The van der Waals surface area contributed by atoms with Crippen molar-refractivity contribution in [1.29, 1.82) is 0 Å². The molecule has 0 saturated carbocycles. The Bertz CT molecular complexity index is 1300. The number of rotatable bonds is 4.